The Balaban J connectivity index is 0.00000324. The van der Waals surface area contributed by atoms with Gasteiger partial charge >= 0.3 is 5.97 Å². The van der Waals surface area contributed by atoms with E-state index in [2.05, 4.69) is 0 Å². The summed E-state index contributed by atoms with van der Waals surface area (Å²) >= 11 is 0. The fourth-order valence-electron chi connectivity index (χ4n) is 2.57. The average Bonchev–Trinajstić information content (AvgIpc) is 2.37. The molecule has 3 heteroatoms. The standard InChI is InChI=1S/C16H30O2.ClH/c17-16-14-12-10-8-6-4-2-1-3-5-7-9-11-13-15-18-16;/h1-15H2;1H. The van der Waals surface area contributed by atoms with Crippen LogP contribution in [0.1, 0.15) is 89.9 Å². The van der Waals surface area contributed by atoms with Crippen LogP contribution in [0, 0.1) is 0 Å². The van der Waals surface area contributed by atoms with Crippen molar-refractivity contribution in [1.82, 2.24) is 0 Å². The topological polar surface area (TPSA) is 26.3 Å². The van der Waals surface area contributed by atoms with Crippen LogP contribution < -0.4 is 0 Å². The molecule has 1 aliphatic heterocycles. The van der Waals surface area contributed by atoms with Crippen molar-refractivity contribution in [2.45, 2.75) is 89.9 Å². The summed E-state index contributed by atoms with van der Waals surface area (Å²) in [6.07, 6.45) is 17.4. The van der Waals surface area contributed by atoms with E-state index in [0.29, 0.717) is 13.0 Å². The molecule has 0 aromatic heterocycles. The zero-order valence-corrected chi connectivity index (χ0v) is 13.1. The average molecular weight is 291 g/mol. The molecule has 19 heavy (non-hydrogen) atoms. The van der Waals surface area contributed by atoms with Gasteiger partial charge in [0.25, 0.3) is 0 Å². The van der Waals surface area contributed by atoms with Crippen molar-refractivity contribution in [1.29, 1.82) is 0 Å². The van der Waals surface area contributed by atoms with Crippen molar-refractivity contribution in [3.05, 3.63) is 0 Å². The van der Waals surface area contributed by atoms with Gasteiger partial charge in [-0.15, -0.1) is 12.4 Å². The Morgan fingerprint density at radius 3 is 1.42 bits per heavy atom. The highest BCUT2D eigenvalue weighted by molar-refractivity contribution is 5.85. The Hall–Kier alpha value is -0.240. The third-order valence-corrected chi connectivity index (χ3v) is 3.79. The lowest BCUT2D eigenvalue weighted by Crippen LogP contribution is -2.05. The Kier molecular flexibility index (Phi) is 14.0. The van der Waals surface area contributed by atoms with Crippen LogP contribution in [-0.2, 0) is 9.53 Å². The smallest absolute Gasteiger partial charge is 0.305 e. The van der Waals surface area contributed by atoms with Crippen molar-refractivity contribution in [2.24, 2.45) is 0 Å². The van der Waals surface area contributed by atoms with Crippen LogP contribution in [0.3, 0.4) is 0 Å². The zero-order valence-electron chi connectivity index (χ0n) is 12.3. The second-order valence-corrected chi connectivity index (χ2v) is 5.57. The lowest BCUT2D eigenvalue weighted by molar-refractivity contribution is -0.143. The first-order chi connectivity index (χ1) is 8.89. The van der Waals surface area contributed by atoms with Crippen LogP contribution in [0.4, 0.5) is 0 Å². The number of carbonyl (C=O) groups excluding carboxylic acids is 1. The van der Waals surface area contributed by atoms with Crippen LogP contribution in [-0.4, -0.2) is 12.6 Å². The number of cyclic esters (lactones) is 1. The molecule has 0 spiro atoms. The van der Waals surface area contributed by atoms with Gasteiger partial charge < -0.3 is 4.74 Å². The van der Waals surface area contributed by atoms with Crippen molar-refractivity contribution in [2.75, 3.05) is 6.61 Å². The van der Waals surface area contributed by atoms with E-state index in [-0.39, 0.29) is 18.4 Å². The van der Waals surface area contributed by atoms with Crippen molar-refractivity contribution in [3.63, 3.8) is 0 Å². The minimum atomic E-state index is 0. The Morgan fingerprint density at radius 1 is 0.579 bits per heavy atom. The van der Waals surface area contributed by atoms with E-state index in [4.69, 9.17) is 4.74 Å². The quantitative estimate of drug-likeness (QED) is 0.556. The molecule has 0 saturated carbocycles. The maximum atomic E-state index is 11.4. The highest BCUT2D eigenvalue weighted by Gasteiger charge is 2.02. The second kappa shape index (κ2) is 14.2. The van der Waals surface area contributed by atoms with E-state index in [0.717, 1.165) is 12.8 Å². The summed E-state index contributed by atoms with van der Waals surface area (Å²) in [6, 6.07) is 0. The molecule has 0 amide bonds. The summed E-state index contributed by atoms with van der Waals surface area (Å²) in [5.41, 5.74) is 0. The van der Waals surface area contributed by atoms with Crippen LogP contribution in [0.5, 0.6) is 0 Å². The number of hydrogen-bond acceptors (Lipinski definition) is 2. The minimum Gasteiger partial charge on any atom is -0.466 e. The number of carbonyl (C=O) groups is 1. The van der Waals surface area contributed by atoms with Crippen LogP contribution in [0.2, 0.25) is 0 Å². The predicted octanol–water partition coefficient (Wildman–Crippen LogP) is 5.43. The summed E-state index contributed by atoms with van der Waals surface area (Å²) in [4.78, 5) is 11.4. The second-order valence-electron chi connectivity index (χ2n) is 5.57. The third kappa shape index (κ3) is 12.5. The van der Waals surface area contributed by atoms with E-state index in [1.54, 1.807) is 0 Å². The van der Waals surface area contributed by atoms with E-state index in [1.807, 2.05) is 0 Å². The molecule has 114 valence electrons. The predicted molar refractivity (Wildman–Crippen MR) is 82.8 cm³/mol. The van der Waals surface area contributed by atoms with E-state index in [1.165, 1.54) is 70.6 Å². The van der Waals surface area contributed by atoms with Gasteiger partial charge in [0.1, 0.15) is 0 Å². The molecule has 0 aliphatic carbocycles. The molecule has 0 unspecified atom stereocenters. The molecule has 0 radical (unpaired) electrons. The van der Waals surface area contributed by atoms with Gasteiger partial charge in [-0.3, -0.25) is 4.79 Å². The Labute approximate surface area is 125 Å². The first kappa shape index (κ1) is 18.8. The van der Waals surface area contributed by atoms with Crippen molar-refractivity contribution >= 4 is 18.4 Å². The third-order valence-electron chi connectivity index (χ3n) is 3.79. The lowest BCUT2D eigenvalue weighted by atomic mass is 10.0. The first-order valence-corrected chi connectivity index (χ1v) is 8.05. The molecular weight excluding hydrogens is 260 g/mol. The molecule has 0 aromatic rings. The van der Waals surface area contributed by atoms with Gasteiger partial charge in [0.2, 0.25) is 0 Å². The van der Waals surface area contributed by atoms with Gasteiger partial charge in [-0.25, -0.2) is 0 Å². The highest BCUT2D eigenvalue weighted by atomic mass is 35.5. The van der Waals surface area contributed by atoms with Crippen molar-refractivity contribution in [3.8, 4) is 0 Å². The number of halogens is 1. The largest absolute Gasteiger partial charge is 0.466 e. The summed E-state index contributed by atoms with van der Waals surface area (Å²) < 4.78 is 5.23. The monoisotopic (exact) mass is 290 g/mol. The van der Waals surface area contributed by atoms with Gasteiger partial charge in [-0.05, 0) is 12.8 Å². The summed E-state index contributed by atoms with van der Waals surface area (Å²) in [6.45, 7) is 0.638. The first-order valence-electron chi connectivity index (χ1n) is 8.05. The SMILES string of the molecule is Cl.O=C1CCCCCCCCCCCCCCCO1. The van der Waals surface area contributed by atoms with E-state index in [9.17, 15) is 4.79 Å². The highest BCUT2D eigenvalue weighted by Crippen LogP contribution is 2.13. The molecule has 0 aromatic carbocycles. The Bertz CT molecular complexity index is 187. The number of esters is 1. The van der Waals surface area contributed by atoms with Crippen LogP contribution in [0.25, 0.3) is 0 Å². The van der Waals surface area contributed by atoms with Gasteiger partial charge in [-0.1, -0.05) is 70.6 Å². The molecule has 1 fully saturated rings. The fourth-order valence-corrected chi connectivity index (χ4v) is 2.57. The minimum absolute atomic E-state index is 0. The molecule has 0 atom stereocenters. The molecule has 1 rings (SSSR count). The van der Waals surface area contributed by atoms with E-state index >= 15 is 0 Å². The molecule has 1 saturated heterocycles. The summed E-state index contributed by atoms with van der Waals surface area (Å²) in [5.74, 6) is 0.0133. The normalized spacial score (nSPS) is 21.8. The van der Waals surface area contributed by atoms with Gasteiger partial charge in [0.05, 0.1) is 6.61 Å². The Morgan fingerprint density at radius 2 is 0.947 bits per heavy atom. The van der Waals surface area contributed by atoms with Crippen LogP contribution in [0.15, 0.2) is 0 Å². The summed E-state index contributed by atoms with van der Waals surface area (Å²) in [7, 11) is 0. The van der Waals surface area contributed by atoms with Gasteiger partial charge in [0.15, 0.2) is 0 Å². The maximum Gasteiger partial charge on any atom is 0.305 e. The zero-order chi connectivity index (χ0) is 12.9. The number of ether oxygens (including phenoxy) is 1. The molecule has 2 nitrogen and oxygen atoms in total. The molecule has 1 aliphatic rings. The van der Waals surface area contributed by atoms with Crippen molar-refractivity contribution < 1.29 is 9.53 Å². The van der Waals surface area contributed by atoms with E-state index < -0.39 is 0 Å². The molecular formula is C16H31ClO2. The summed E-state index contributed by atoms with van der Waals surface area (Å²) in [5, 5.41) is 0. The fraction of sp³-hybridized carbons (Fsp3) is 0.938. The molecule has 0 N–H and O–H groups in total. The maximum absolute atomic E-state index is 11.4. The van der Waals surface area contributed by atoms with Crippen LogP contribution >= 0.6 is 12.4 Å². The van der Waals surface area contributed by atoms with Gasteiger partial charge in [-0.2, -0.15) is 0 Å². The number of rotatable bonds is 0. The molecule has 0 bridgehead atoms. The van der Waals surface area contributed by atoms with Gasteiger partial charge in [0, 0.05) is 6.42 Å². The number of hydrogen-bond donors (Lipinski definition) is 0. The lowest BCUT2D eigenvalue weighted by Gasteiger charge is -2.04. The molecule has 1 heterocycles.